The standard InChI is InChI=1S/C11H18F3N3O2/c1-4-17-10(9(18-3)5-16-17)8(15-2)6-19-7-11(12,13)14/h5,8,15H,4,6-7H2,1-3H3. The van der Waals surface area contributed by atoms with Gasteiger partial charge in [-0.25, -0.2) is 0 Å². The molecule has 0 aliphatic rings. The molecule has 1 unspecified atom stereocenters. The molecule has 1 atom stereocenters. The minimum absolute atomic E-state index is 0.113. The fraction of sp³-hybridized carbons (Fsp3) is 0.727. The van der Waals surface area contributed by atoms with E-state index in [0.29, 0.717) is 18.0 Å². The number of nitrogens with one attached hydrogen (secondary N) is 1. The summed E-state index contributed by atoms with van der Waals surface area (Å²) < 4.78 is 47.7. The van der Waals surface area contributed by atoms with Crippen LogP contribution in [0.2, 0.25) is 0 Å². The zero-order chi connectivity index (χ0) is 14.5. The minimum Gasteiger partial charge on any atom is -0.493 e. The predicted molar refractivity (Wildman–Crippen MR) is 63.1 cm³/mol. The summed E-state index contributed by atoms with van der Waals surface area (Å²) in [6.45, 7) is 1.10. The molecule has 0 saturated heterocycles. The predicted octanol–water partition coefficient (Wildman–Crippen LogP) is 1.75. The number of nitrogens with zero attached hydrogens (tertiary/aromatic N) is 2. The second-order valence-electron chi connectivity index (χ2n) is 3.89. The molecule has 0 aliphatic heterocycles. The van der Waals surface area contributed by atoms with Crippen LogP contribution in [0.25, 0.3) is 0 Å². The number of ether oxygens (including phenoxy) is 2. The molecule has 19 heavy (non-hydrogen) atoms. The van der Waals surface area contributed by atoms with Crippen LogP contribution in [-0.4, -0.2) is 43.3 Å². The molecular formula is C11H18F3N3O2. The van der Waals surface area contributed by atoms with Crippen LogP contribution in [0.3, 0.4) is 0 Å². The lowest BCUT2D eigenvalue weighted by molar-refractivity contribution is -0.175. The molecular weight excluding hydrogens is 263 g/mol. The van der Waals surface area contributed by atoms with Crippen molar-refractivity contribution in [2.24, 2.45) is 0 Å². The molecule has 1 rings (SSSR count). The van der Waals surface area contributed by atoms with Gasteiger partial charge in [-0.05, 0) is 14.0 Å². The summed E-state index contributed by atoms with van der Waals surface area (Å²) in [5.74, 6) is 0.525. The molecule has 1 aromatic heterocycles. The smallest absolute Gasteiger partial charge is 0.411 e. The lowest BCUT2D eigenvalue weighted by atomic mass is 10.2. The van der Waals surface area contributed by atoms with E-state index >= 15 is 0 Å². The Kier molecular flexibility index (Phi) is 5.61. The molecule has 1 aromatic rings. The van der Waals surface area contributed by atoms with Gasteiger partial charge in [0.15, 0.2) is 5.75 Å². The normalized spacial score (nSPS) is 13.6. The van der Waals surface area contributed by atoms with Crippen LogP contribution in [0, 0.1) is 0 Å². The summed E-state index contributed by atoms with van der Waals surface area (Å²) in [5.41, 5.74) is 0.676. The van der Waals surface area contributed by atoms with Crippen LogP contribution < -0.4 is 10.1 Å². The molecule has 0 radical (unpaired) electrons. The Morgan fingerprint density at radius 2 is 2.16 bits per heavy atom. The molecule has 0 saturated carbocycles. The van der Waals surface area contributed by atoms with E-state index in [2.05, 4.69) is 15.2 Å². The molecule has 0 aliphatic carbocycles. The Labute approximate surface area is 109 Å². The summed E-state index contributed by atoms with van der Waals surface area (Å²) in [5, 5.41) is 7.01. The van der Waals surface area contributed by atoms with Crippen LogP contribution in [0.5, 0.6) is 5.75 Å². The van der Waals surface area contributed by atoms with Gasteiger partial charge in [0.05, 0.1) is 31.6 Å². The highest BCUT2D eigenvalue weighted by molar-refractivity contribution is 5.28. The van der Waals surface area contributed by atoms with Gasteiger partial charge in [-0.3, -0.25) is 4.68 Å². The summed E-state index contributed by atoms with van der Waals surface area (Å²) >= 11 is 0. The SMILES string of the molecule is CCn1ncc(OC)c1C(COCC(F)(F)F)NC. The molecule has 1 N–H and O–H groups in total. The monoisotopic (exact) mass is 281 g/mol. The van der Waals surface area contributed by atoms with Crippen LogP contribution in [-0.2, 0) is 11.3 Å². The van der Waals surface area contributed by atoms with E-state index < -0.39 is 18.8 Å². The van der Waals surface area contributed by atoms with E-state index in [1.54, 1.807) is 11.7 Å². The van der Waals surface area contributed by atoms with Crippen LogP contribution >= 0.6 is 0 Å². The summed E-state index contributed by atoms with van der Waals surface area (Å²) in [7, 11) is 3.14. The van der Waals surface area contributed by atoms with Crippen molar-refractivity contribution in [2.45, 2.75) is 25.7 Å². The number of aryl methyl sites for hydroxylation is 1. The number of hydrogen-bond acceptors (Lipinski definition) is 4. The number of rotatable bonds is 7. The first kappa shape index (κ1) is 15.8. The Morgan fingerprint density at radius 3 is 2.63 bits per heavy atom. The molecule has 0 fully saturated rings. The fourth-order valence-electron chi connectivity index (χ4n) is 1.73. The second kappa shape index (κ2) is 6.76. The highest BCUT2D eigenvalue weighted by atomic mass is 19.4. The minimum atomic E-state index is -4.33. The van der Waals surface area contributed by atoms with E-state index in [0.717, 1.165) is 0 Å². The molecule has 0 bridgehead atoms. The van der Waals surface area contributed by atoms with E-state index in [-0.39, 0.29) is 6.61 Å². The maximum Gasteiger partial charge on any atom is 0.411 e. The van der Waals surface area contributed by atoms with Gasteiger partial charge in [0.2, 0.25) is 0 Å². The Hall–Kier alpha value is -1.28. The van der Waals surface area contributed by atoms with Gasteiger partial charge in [0, 0.05) is 6.54 Å². The fourth-order valence-corrected chi connectivity index (χ4v) is 1.73. The molecule has 0 spiro atoms. The third-order valence-corrected chi connectivity index (χ3v) is 2.59. The first-order valence-electron chi connectivity index (χ1n) is 5.84. The number of likely N-dealkylation sites (N-methyl/N-ethyl adjacent to an activating group) is 1. The molecule has 1 heterocycles. The van der Waals surface area contributed by atoms with Crippen molar-refractivity contribution >= 4 is 0 Å². The molecule has 5 nitrogen and oxygen atoms in total. The molecule has 0 aromatic carbocycles. The van der Waals surface area contributed by atoms with Gasteiger partial charge in [0.25, 0.3) is 0 Å². The number of methoxy groups -OCH3 is 1. The summed E-state index contributed by atoms with van der Waals surface area (Å²) in [6.07, 6.45) is -2.79. The van der Waals surface area contributed by atoms with E-state index in [1.165, 1.54) is 13.3 Å². The van der Waals surface area contributed by atoms with Crippen molar-refractivity contribution in [1.29, 1.82) is 0 Å². The highest BCUT2D eigenvalue weighted by Crippen LogP contribution is 2.25. The van der Waals surface area contributed by atoms with Crippen molar-refractivity contribution in [2.75, 3.05) is 27.4 Å². The Balaban J connectivity index is 2.76. The first-order chi connectivity index (χ1) is 8.92. The van der Waals surface area contributed by atoms with E-state index in [9.17, 15) is 13.2 Å². The Morgan fingerprint density at radius 1 is 1.47 bits per heavy atom. The van der Waals surface area contributed by atoms with Gasteiger partial charge in [0.1, 0.15) is 6.61 Å². The molecule has 8 heteroatoms. The van der Waals surface area contributed by atoms with Crippen molar-refractivity contribution in [1.82, 2.24) is 15.1 Å². The highest BCUT2D eigenvalue weighted by Gasteiger charge is 2.29. The zero-order valence-electron chi connectivity index (χ0n) is 11.1. The van der Waals surface area contributed by atoms with Crippen molar-refractivity contribution < 1.29 is 22.6 Å². The van der Waals surface area contributed by atoms with E-state index in [1.807, 2.05) is 6.92 Å². The molecule has 110 valence electrons. The topological polar surface area (TPSA) is 48.3 Å². The largest absolute Gasteiger partial charge is 0.493 e. The maximum absolute atomic E-state index is 12.1. The van der Waals surface area contributed by atoms with Gasteiger partial charge < -0.3 is 14.8 Å². The van der Waals surface area contributed by atoms with Crippen LogP contribution in [0.4, 0.5) is 13.2 Å². The van der Waals surface area contributed by atoms with Gasteiger partial charge in [-0.2, -0.15) is 18.3 Å². The van der Waals surface area contributed by atoms with Crippen molar-refractivity contribution in [3.05, 3.63) is 11.9 Å². The number of alkyl halides is 3. The lowest BCUT2D eigenvalue weighted by Gasteiger charge is -2.19. The van der Waals surface area contributed by atoms with Crippen molar-refractivity contribution in [3.8, 4) is 5.75 Å². The first-order valence-corrected chi connectivity index (χ1v) is 5.84. The second-order valence-corrected chi connectivity index (χ2v) is 3.89. The van der Waals surface area contributed by atoms with Crippen molar-refractivity contribution in [3.63, 3.8) is 0 Å². The summed E-state index contributed by atoms with van der Waals surface area (Å²) in [4.78, 5) is 0. The lowest BCUT2D eigenvalue weighted by Crippen LogP contribution is -2.28. The third-order valence-electron chi connectivity index (χ3n) is 2.59. The number of aromatic nitrogens is 2. The average Bonchev–Trinajstić information content (AvgIpc) is 2.76. The van der Waals surface area contributed by atoms with Gasteiger partial charge >= 0.3 is 6.18 Å². The summed E-state index contributed by atoms with van der Waals surface area (Å²) in [6, 6.07) is -0.417. The van der Waals surface area contributed by atoms with Crippen LogP contribution in [0.1, 0.15) is 18.7 Å². The number of hydrogen-bond donors (Lipinski definition) is 1. The number of halogens is 3. The maximum atomic E-state index is 12.1. The average molecular weight is 281 g/mol. The van der Waals surface area contributed by atoms with E-state index in [4.69, 9.17) is 4.74 Å². The Bertz CT molecular complexity index is 372. The quantitative estimate of drug-likeness (QED) is 0.827. The van der Waals surface area contributed by atoms with Crippen LogP contribution in [0.15, 0.2) is 6.20 Å². The van der Waals surface area contributed by atoms with Gasteiger partial charge in [-0.15, -0.1) is 0 Å². The van der Waals surface area contributed by atoms with Gasteiger partial charge in [-0.1, -0.05) is 0 Å². The third kappa shape index (κ3) is 4.39. The molecule has 0 amide bonds. The zero-order valence-corrected chi connectivity index (χ0v) is 11.1.